The van der Waals surface area contributed by atoms with E-state index in [1.165, 1.54) is 0 Å². The van der Waals surface area contributed by atoms with Crippen molar-refractivity contribution in [2.24, 2.45) is 0 Å². The molecule has 0 aliphatic carbocycles. The number of hydrogen-bond acceptors (Lipinski definition) is 5. The number of amides is 1. The van der Waals surface area contributed by atoms with Gasteiger partial charge in [0.15, 0.2) is 0 Å². The van der Waals surface area contributed by atoms with E-state index in [9.17, 15) is 13.2 Å². The topological polar surface area (TPSA) is 78.9 Å². The summed E-state index contributed by atoms with van der Waals surface area (Å²) in [5.41, 5.74) is 2.16. The number of anilines is 1. The first-order valence-electron chi connectivity index (χ1n) is 8.05. The monoisotopic (exact) mass is 355 g/mol. The summed E-state index contributed by atoms with van der Waals surface area (Å²) in [4.78, 5) is 16.2. The number of nitrogens with zero attached hydrogens (tertiary/aromatic N) is 2. The second kappa shape index (κ2) is 8.46. The summed E-state index contributed by atoms with van der Waals surface area (Å²) >= 11 is 0. The van der Waals surface area contributed by atoms with Gasteiger partial charge in [0.05, 0.1) is 18.9 Å². The van der Waals surface area contributed by atoms with Gasteiger partial charge in [-0.2, -0.15) is 0 Å². The van der Waals surface area contributed by atoms with Crippen LogP contribution in [0.15, 0.2) is 24.3 Å². The lowest BCUT2D eigenvalue weighted by Crippen LogP contribution is -2.42. The molecule has 134 valence electrons. The highest BCUT2D eigenvalue weighted by molar-refractivity contribution is 7.89. The molecule has 0 atom stereocenters. The van der Waals surface area contributed by atoms with Crippen molar-refractivity contribution >= 4 is 21.6 Å². The minimum atomic E-state index is -3.50. The van der Waals surface area contributed by atoms with Gasteiger partial charge in [0.2, 0.25) is 15.9 Å². The van der Waals surface area contributed by atoms with E-state index in [0.717, 1.165) is 11.3 Å². The maximum atomic E-state index is 12.4. The lowest BCUT2D eigenvalue weighted by molar-refractivity contribution is -0.130. The zero-order chi connectivity index (χ0) is 17.6. The fraction of sp³-hybridized carbons (Fsp3) is 0.562. The van der Waals surface area contributed by atoms with E-state index < -0.39 is 10.0 Å². The number of benzene rings is 1. The van der Waals surface area contributed by atoms with Crippen LogP contribution < -0.4 is 9.62 Å². The molecular formula is C16H25N3O4S. The smallest absolute Gasteiger partial charge is 0.237 e. The largest absolute Gasteiger partial charge is 0.381 e. The number of hydrogen-bond donors (Lipinski definition) is 1. The summed E-state index contributed by atoms with van der Waals surface area (Å²) in [6.07, 6.45) is 0. The number of likely N-dealkylation sites (N-methyl/N-ethyl adjacent to an activating group) is 1. The molecule has 0 bridgehead atoms. The molecule has 1 aromatic rings. The van der Waals surface area contributed by atoms with Crippen LogP contribution in [-0.2, 0) is 26.1 Å². The Labute approximate surface area is 143 Å². The second-order valence-electron chi connectivity index (χ2n) is 5.70. The van der Waals surface area contributed by atoms with Gasteiger partial charge in [-0.15, -0.1) is 0 Å². The van der Waals surface area contributed by atoms with Crippen molar-refractivity contribution in [1.82, 2.24) is 9.62 Å². The molecule has 1 aliphatic heterocycles. The molecule has 0 unspecified atom stereocenters. The SMILES string of the molecule is CCOCCS(=O)(=O)NCC(=O)N1CCN(C)c2ccccc2C1. The quantitative estimate of drug-likeness (QED) is 0.717. The number of ether oxygens (including phenoxy) is 1. The van der Waals surface area contributed by atoms with E-state index in [1.54, 1.807) is 11.8 Å². The van der Waals surface area contributed by atoms with E-state index >= 15 is 0 Å². The Morgan fingerprint density at radius 3 is 2.79 bits per heavy atom. The average molecular weight is 355 g/mol. The summed E-state index contributed by atoms with van der Waals surface area (Å²) in [5, 5.41) is 0. The molecule has 1 amide bonds. The Morgan fingerprint density at radius 2 is 2.04 bits per heavy atom. The minimum Gasteiger partial charge on any atom is -0.381 e. The normalized spacial score (nSPS) is 15.1. The van der Waals surface area contributed by atoms with E-state index in [0.29, 0.717) is 26.2 Å². The zero-order valence-electron chi connectivity index (χ0n) is 14.2. The number of fused-ring (bicyclic) bond motifs is 1. The van der Waals surface area contributed by atoms with Gasteiger partial charge in [-0.1, -0.05) is 18.2 Å². The van der Waals surface area contributed by atoms with Crippen LogP contribution in [0, 0.1) is 0 Å². The van der Waals surface area contributed by atoms with Crippen LogP contribution in [-0.4, -0.2) is 64.9 Å². The highest BCUT2D eigenvalue weighted by Gasteiger charge is 2.22. The second-order valence-corrected chi connectivity index (χ2v) is 7.63. The van der Waals surface area contributed by atoms with Crippen LogP contribution in [0.3, 0.4) is 0 Å². The van der Waals surface area contributed by atoms with Crippen LogP contribution in [0.4, 0.5) is 5.69 Å². The maximum Gasteiger partial charge on any atom is 0.237 e. The predicted molar refractivity (Wildman–Crippen MR) is 93.4 cm³/mol. The molecule has 1 heterocycles. The van der Waals surface area contributed by atoms with Gasteiger partial charge in [-0.3, -0.25) is 4.79 Å². The first-order chi connectivity index (χ1) is 11.4. The predicted octanol–water partition coefficient (Wildman–Crippen LogP) is 0.421. The van der Waals surface area contributed by atoms with Gasteiger partial charge >= 0.3 is 0 Å². The Hall–Kier alpha value is -1.64. The standard InChI is InChI=1S/C16H25N3O4S/c1-3-23-10-11-24(21,22)17-12-16(20)19-9-8-18(2)15-7-5-4-6-14(15)13-19/h4-7,17H,3,8-13H2,1-2H3. The molecule has 0 radical (unpaired) electrons. The molecule has 8 heteroatoms. The Balaban J connectivity index is 1.93. The first kappa shape index (κ1) is 18.7. The highest BCUT2D eigenvalue weighted by atomic mass is 32.2. The van der Waals surface area contributed by atoms with E-state index in [-0.39, 0.29) is 24.8 Å². The minimum absolute atomic E-state index is 0.127. The van der Waals surface area contributed by atoms with Gasteiger partial charge in [0.1, 0.15) is 0 Å². The summed E-state index contributed by atoms with van der Waals surface area (Å²) in [5.74, 6) is -0.361. The molecule has 0 saturated heterocycles. The molecule has 1 aliphatic rings. The first-order valence-corrected chi connectivity index (χ1v) is 9.70. The van der Waals surface area contributed by atoms with Crippen molar-refractivity contribution in [2.75, 3.05) is 50.5 Å². The molecule has 1 aromatic carbocycles. The van der Waals surface area contributed by atoms with Crippen LogP contribution in [0.5, 0.6) is 0 Å². The van der Waals surface area contributed by atoms with Crippen molar-refractivity contribution in [2.45, 2.75) is 13.5 Å². The summed E-state index contributed by atoms with van der Waals surface area (Å²) < 4.78 is 31.1. The lowest BCUT2D eigenvalue weighted by Gasteiger charge is -2.21. The number of para-hydroxylation sites is 1. The van der Waals surface area contributed by atoms with Crippen molar-refractivity contribution < 1.29 is 17.9 Å². The Morgan fingerprint density at radius 1 is 1.29 bits per heavy atom. The highest BCUT2D eigenvalue weighted by Crippen LogP contribution is 2.23. The number of carbonyl (C=O) groups is 1. The Bertz CT molecular complexity index is 663. The molecule has 0 saturated carbocycles. The third kappa shape index (κ3) is 5.19. The van der Waals surface area contributed by atoms with Crippen molar-refractivity contribution in [3.63, 3.8) is 0 Å². The summed E-state index contributed by atoms with van der Waals surface area (Å²) in [7, 11) is -1.51. The fourth-order valence-electron chi connectivity index (χ4n) is 2.57. The molecule has 0 fully saturated rings. The van der Waals surface area contributed by atoms with Gasteiger partial charge in [0.25, 0.3) is 0 Å². The van der Waals surface area contributed by atoms with E-state index in [2.05, 4.69) is 9.62 Å². The van der Waals surface area contributed by atoms with Crippen molar-refractivity contribution in [3.8, 4) is 0 Å². The van der Waals surface area contributed by atoms with E-state index in [4.69, 9.17) is 4.74 Å². The average Bonchev–Trinajstić information content (AvgIpc) is 2.73. The summed E-state index contributed by atoms with van der Waals surface area (Å²) in [6.45, 7) is 3.93. The lowest BCUT2D eigenvalue weighted by atomic mass is 10.1. The fourth-order valence-corrected chi connectivity index (χ4v) is 3.40. The third-order valence-electron chi connectivity index (χ3n) is 3.97. The number of rotatable bonds is 7. The summed E-state index contributed by atoms with van der Waals surface area (Å²) in [6, 6.07) is 7.93. The van der Waals surface area contributed by atoms with Gasteiger partial charge in [0, 0.05) is 39.0 Å². The molecule has 24 heavy (non-hydrogen) atoms. The van der Waals surface area contributed by atoms with Crippen molar-refractivity contribution in [1.29, 1.82) is 0 Å². The molecular weight excluding hydrogens is 330 g/mol. The molecule has 7 nitrogen and oxygen atoms in total. The van der Waals surface area contributed by atoms with Crippen LogP contribution in [0.25, 0.3) is 0 Å². The molecule has 0 spiro atoms. The van der Waals surface area contributed by atoms with Gasteiger partial charge in [-0.05, 0) is 18.6 Å². The number of nitrogens with one attached hydrogen (secondary N) is 1. The maximum absolute atomic E-state index is 12.4. The van der Waals surface area contributed by atoms with E-state index in [1.807, 2.05) is 31.3 Å². The molecule has 1 N–H and O–H groups in total. The van der Waals surface area contributed by atoms with Gasteiger partial charge in [-0.25, -0.2) is 13.1 Å². The zero-order valence-corrected chi connectivity index (χ0v) is 15.0. The Kier molecular flexibility index (Phi) is 6.59. The number of carbonyl (C=O) groups excluding carboxylic acids is 1. The van der Waals surface area contributed by atoms with Gasteiger partial charge < -0.3 is 14.5 Å². The van der Waals surface area contributed by atoms with Crippen LogP contribution in [0.2, 0.25) is 0 Å². The number of sulfonamides is 1. The third-order valence-corrected chi connectivity index (χ3v) is 5.25. The van der Waals surface area contributed by atoms with Crippen LogP contribution >= 0.6 is 0 Å². The van der Waals surface area contributed by atoms with Crippen molar-refractivity contribution in [3.05, 3.63) is 29.8 Å². The molecule has 0 aromatic heterocycles. The molecule has 2 rings (SSSR count). The van der Waals surface area contributed by atoms with Crippen LogP contribution in [0.1, 0.15) is 12.5 Å².